The maximum atomic E-state index is 13.3. The van der Waals surface area contributed by atoms with Gasteiger partial charge in [0.1, 0.15) is 6.04 Å². The Kier molecular flexibility index (Phi) is 8.32. The number of carbonyl (C=O) groups excluding carboxylic acids is 2. The predicted octanol–water partition coefficient (Wildman–Crippen LogP) is 1.96. The molecule has 2 aliphatic rings. The van der Waals surface area contributed by atoms with Gasteiger partial charge in [0.15, 0.2) is 11.5 Å². The largest absolute Gasteiger partial charge is 0.493 e. The normalized spacial score (nSPS) is 18.3. The van der Waals surface area contributed by atoms with E-state index in [0.717, 1.165) is 42.9 Å². The van der Waals surface area contributed by atoms with Crippen molar-refractivity contribution in [1.82, 2.24) is 14.7 Å². The highest BCUT2D eigenvalue weighted by Gasteiger charge is 2.36. The highest BCUT2D eigenvalue weighted by molar-refractivity contribution is 5.86. The number of nitrogens with zero attached hydrogens (tertiary/aromatic N) is 3. The molecule has 1 amide bonds. The number of piperazine rings is 1. The molecule has 36 heavy (non-hydrogen) atoms. The molecule has 2 aromatic rings. The summed E-state index contributed by atoms with van der Waals surface area (Å²) in [6.45, 7) is 4.56. The third-order valence-corrected chi connectivity index (χ3v) is 7.05. The van der Waals surface area contributed by atoms with E-state index in [2.05, 4.69) is 9.80 Å². The highest BCUT2D eigenvalue weighted by Crippen LogP contribution is 2.40. The van der Waals surface area contributed by atoms with Crippen LogP contribution in [0.4, 0.5) is 0 Å². The average molecular weight is 498 g/mol. The number of ether oxygens (including phenoxy) is 4. The molecule has 4 rings (SSSR count). The maximum absolute atomic E-state index is 13.3. The molecule has 0 spiro atoms. The molecule has 0 aliphatic carbocycles. The Bertz CT molecular complexity index is 1080. The summed E-state index contributed by atoms with van der Waals surface area (Å²) in [6.07, 6.45) is 0.482. The zero-order valence-electron chi connectivity index (χ0n) is 21.5. The van der Waals surface area contributed by atoms with Gasteiger partial charge in [0.25, 0.3) is 0 Å². The first-order chi connectivity index (χ1) is 17.5. The molecule has 9 heteroatoms. The molecule has 9 nitrogen and oxygen atoms in total. The van der Waals surface area contributed by atoms with Gasteiger partial charge in [0.2, 0.25) is 11.7 Å². The standard InChI is InChI=1S/C27H35N3O6/c1-33-23-10-9-21(25(34-2)26(23)35-3)16-28-11-13-29(14-12-28)18-24(31)30-17-20-8-6-5-7-19(20)15-22(30)27(32)36-4/h5-10,22H,11-18H2,1-4H3. The monoisotopic (exact) mass is 497 g/mol. The summed E-state index contributed by atoms with van der Waals surface area (Å²) in [4.78, 5) is 32.0. The van der Waals surface area contributed by atoms with E-state index < -0.39 is 6.04 Å². The minimum absolute atomic E-state index is 0.0464. The first-order valence-electron chi connectivity index (χ1n) is 12.2. The molecule has 0 aromatic heterocycles. The van der Waals surface area contributed by atoms with Crippen molar-refractivity contribution in [3.05, 3.63) is 53.1 Å². The summed E-state index contributed by atoms with van der Waals surface area (Å²) >= 11 is 0. The summed E-state index contributed by atoms with van der Waals surface area (Å²) in [6, 6.07) is 11.3. The maximum Gasteiger partial charge on any atom is 0.328 e. The third kappa shape index (κ3) is 5.42. The van der Waals surface area contributed by atoms with Crippen molar-refractivity contribution < 1.29 is 28.5 Å². The summed E-state index contributed by atoms with van der Waals surface area (Å²) < 4.78 is 21.5. The SMILES string of the molecule is COC(=O)C1Cc2ccccc2CN1C(=O)CN1CCN(Cc2ccc(OC)c(OC)c2OC)CC1. The molecule has 1 unspecified atom stereocenters. The van der Waals surface area contributed by atoms with E-state index in [1.165, 1.54) is 7.11 Å². The van der Waals surface area contributed by atoms with Crippen LogP contribution in [-0.4, -0.2) is 93.8 Å². The van der Waals surface area contributed by atoms with E-state index in [1.807, 2.05) is 36.4 Å². The van der Waals surface area contributed by atoms with Gasteiger partial charge < -0.3 is 23.8 Å². The minimum Gasteiger partial charge on any atom is -0.493 e. The van der Waals surface area contributed by atoms with Crippen molar-refractivity contribution >= 4 is 11.9 Å². The fourth-order valence-electron chi connectivity index (χ4n) is 5.05. The van der Waals surface area contributed by atoms with Crippen molar-refractivity contribution in [2.24, 2.45) is 0 Å². The van der Waals surface area contributed by atoms with Crippen LogP contribution in [0.25, 0.3) is 0 Å². The number of fused-ring (bicyclic) bond motifs is 1. The summed E-state index contributed by atoms with van der Waals surface area (Å²) in [5.74, 6) is 1.48. The fraction of sp³-hybridized carbons (Fsp3) is 0.481. The van der Waals surface area contributed by atoms with E-state index in [0.29, 0.717) is 36.8 Å². The lowest BCUT2D eigenvalue weighted by atomic mass is 9.94. The Morgan fingerprint density at radius 1 is 0.833 bits per heavy atom. The zero-order chi connectivity index (χ0) is 25.7. The molecule has 0 saturated carbocycles. The second-order valence-corrected chi connectivity index (χ2v) is 9.08. The van der Waals surface area contributed by atoms with E-state index in [-0.39, 0.29) is 18.4 Å². The molecule has 194 valence electrons. The Morgan fingerprint density at radius 3 is 2.14 bits per heavy atom. The van der Waals surface area contributed by atoms with Crippen LogP contribution >= 0.6 is 0 Å². The first-order valence-corrected chi connectivity index (χ1v) is 12.2. The molecular formula is C27H35N3O6. The average Bonchev–Trinajstić information content (AvgIpc) is 2.92. The summed E-state index contributed by atoms with van der Waals surface area (Å²) in [7, 11) is 6.21. The molecule has 2 aliphatic heterocycles. The number of hydrogen-bond donors (Lipinski definition) is 0. The Balaban J connectivity index is 1.37. The number of hydrogen-bond acceptors (Lipinski definition) is 8. The Labute approximate surface area is 212 Å². The van der Waals surface area contributed by atoms with Crippen LogP contribution in [0.3, 0.4) is 0 Å². The number of amides is 1. The van der Waals surface area contributed by atoms with E-state index in [1.54, 1.807) is 26.2 Å². The summed E-state index contributed by atoms with van der Waals surface area (Å²) in [5.41, 5.74) is 3.20. The number of benzene rings is 2. The van der Waals surface area contributed by atoms with Crippen LogP contribution in [0.1, 0.15) is 16.7 Å². The molecule has 1 saturated heterocycles. The van der Waals surface area contributed by atoms with E-state index in [9.17, 15) is 9.59 Å². The number of esters is 1. The van der Waals surface area contributed by atoms with Gasteiger partial charge in [-0.15, -0.1) is 0 Å². The van der Waals surface area contributed by atoms with Gasteiger partial charge in [-0.2, -0.15) is 0 Å². The van der Waals surface area contributed by atoms with Crippen LogP contribution < -0.4 is 14.2 Å². The van der Waals surface area contributed by atoms with Crippen molar-refractivity contribution in [1.29, 1.82) is 0 Å². The van der Waals surface area contributed by atoms with Crippen LogP contribution in [-0.2, 0) is 33.8 Å². The Morgan fingerprint density at radius 2 is 1.50 bits per heavy atom. The van der Waals surface area contributed by atoms with Crippen molar-refractivity contribution in [2.45, 2.75) is 25.6 Å². The van der Waals surface area contributed by atoms with Crippen molar-refractivity contribution in [2.75, 3.05) is 61.2 Å². The van der Waals surface area contributed by atoms with Gasteiger partial charge in [-0.3, -0.25) is 14.6 Å². The second kappa shape index (κ2) is 11.6. The molecular weight excluding hydrogens is 462 g/mol. The highest BCUT2D eigenvalue weighted by atomic mass is 16.5. The van der Waals surface area contributed by atoms with Crippen molar-refractivity contribution in [3.63, 3.8) is 0 Å². The van der Waals surface area contributed by atoms with Crippen LogP contribution in [0.2, 0.25) is 0 Å². The molecule has 0 N–H and O–H groups in total. The first kappa shape index (κ1) is 25.8. The number of carbonyl (C=O) groups is 2. The van der Waals surface area contributed by atoms with Crippen LogP contribution in [0, 0.1) is 0 Å². The lowest BCUT2D eigenvalue weighted by Gasteiger charge is -2.38. The minimum atomic E-state index is -0.587. The van der Waals surface area contributed by atoms with Gasteiger partial charge in [-0.05, 0) is 17.2 Å². The molecule has 0 radical (unpaired) electrons. The zero-order valence-corrected chi connectivity index (χ0v) is 21.5. The van der Waals surface area contributed by atoms with Gasteiger partial charge in [0, 0.05) is 51.3 Å². The molecule has 2 heterocycles. The van der Waals surface area contributed by atoms with Gasteiger partial charge in [-0.25, -0.2) is 4.79 Å². The van der Waals surface area contributed by atoms with E-state index in [4.69, 9.17) is 18.9 Å². The lowest BCUT2D eigenvalue weighted by molar-refractivity contribution is -0.154. The molecule has 1 fully saturated rings. The number of rotatable bonds is 8. The van der Waals surface area contributed by atoms with Crippen LogP contribution in [0.15, 0.2) is 36.4 Å². The van der Waals surface area contributed by atoms with Crippen LogP contribution in [0.5, 0.6) is 17.2 Å². The van der Waals surface area contributed by atoms with Gasteiger partial charge in [0.05, 0.1) is 35.0 Å². The topological polar surface area (TPSA) is 80.8 Å². The quantitative estimate of drug-likeness (QED) is 0.512. The predicted molar refractivity (Wildman–Crippen MR) is 134 cm³/mol. The molecule has 1 atom stereocenters. The fourth-order valence-corrected chi connectivity index (χ4v) is 5.05. The second-order valence-electron chi connectivity index (χ2n) is 9.08. The van der Waals surface area contributed by atoms with Gasteiger partial charge in [-0.1, -0.05) is 30.3 Å². The third-order valence-electron chi connectivity index (χ3n) is 7.05. The van der Waals surface area contributed by atoms with E-state index >= 15 is 0 Å². The number of methoxy groups -OCH3 is 4. The lowest BCUT2D eigenvalue weighted by Crippen LogP contribution is -2.54. The molecule has 2 aromatic carbocycles. The molecule has 0 bridgehead atoms. The van der Waals surface area contributed by atoms with Crippen molar-refractivity contribution in [3.8, 4) is 17.2 Å². The summed E-state index contributed by atoms with van der Waals surface area (Å²) in [5, 5.41) is 0. The smallest absolute Gasteiger partial charge is 0.328 e. The van der Waals surface area contributed by atoms with Gasteiger partial charge >= 0.3 is 5.97 Å². The Hall–Kier alpha value is -3.30.